The van der Waals surface area contributed by atoms with Crippen LogP contribution in [0.4, 0.5) is 0 Å². The summed E-state index contributed by atoms with van der Waals surface area (Å²) >= 11 is 0. The van der Waals surface area contributed by atoms with Gasteiger partial charge in [-0.25, -0.2) is 4.79 Å². The maximum absolute atomic E-state index is 9.82. The summed E-state index contributed by atoms with van der Waals surface area (Å²) < 4.78 is 0. The first-order chi connectivity index (χ1) is 3.27. The van der Waals surface area contributed by atoms with Crippen molar-refractivity contribution in [3.8, 4) is 12.5 Å². The Balaban J connectivity index is 3.02. The normalized spacial score (nSPS) is 6.29. The van der Waals surface area contributed by atoms with Gasteiger partial charge in [-0.05, 0) is 0 Å². The third kappa shape index (κ3) is 4.83. The average molecular weight is 99.1 g/mol. The van der Waals surface area contributed by atoms with E-state index in [4.69, 9.17) is 0 Å². The van der Waals surface area contributed by atoms with Crippen LogP contribution in [-0.4, -0.2) is 5.97 Å². The predicted octanol–water partition coefficient (Wildman–Crippen LogP) is -0.355. The molecule has 0 bridgehead atoms. The van der Waals surface area contributed by atoms with Crippen molar-refractivity contribution < 1.29 is 9.63 Å². The monoisotopic (exact) mass is 99.0 g/mol. The van der Waals surface area contributed by atoms with Crippen molar-refractivity contribution in [2.24, 2.45) is 0 Å². The van der Waals surface area contributed by atoms with E-state index < -0.39 is 5.97 Å². The first kappa shape index (κ1) is 5.83. The second kappa shape index (κ2) is 3.04. The number of nitrogens with one attached hydrogen (secondary N) is 1. The van der Waals surface area contributed by atoms with Crippen LogP contribution in [0.3, 0.4) is 0 Å². The minimum atomic E-state index is -0.446. The largest absolute Gasteiger partial charge is 0.336 e. The topological polar surface area (TPSA) is 38.3 Å². The van der Waals surface area contributed by atoms with Gasteiger partial charge in [0, 0.05) is 13.0 Å². The molecule has 0 aliphatic rings. The fourth-order valence-corrected chi connectivity index (χ4v) is 0.101. The summed E-state index contributed by atoms with van der Waals surface area (Å²) in [4.78, 5) is 13.9. The summed E-state index contributed by atoms with van der Waals surface area (Å²) in [7, 11) is 0. The van der Waals surface area contributed by atoms with Gasteiger partial charge in [-0.3, -0.25) is 0 Å². The molecule has 0 unspecified atom stereocenters. The van der Waals surface area contributed by atoms with Crippen LogP contribution in [0.2, 0.25) is 0 Å². The number of hydroxylamine groups is 1. The summed E-state index contributed by atoms with van der Waals surface area (Å²) in [6.45, 7) is 1.25. The van der Waals surface area contributed by atoms with Gasteiger partial charge in [0.2, 0.25) is 0 Å². The van der Waals surface area contributed by atoms with Gasteiger partial charge >= 0.3 is 5.97 Å². The molecule has 0 aliphatic carbocycles. The fraction of sp³-hybridized carbons (Fsp3) is 0.250. The van der Waals surface area contributed by atoms with E-state index in [0.717, 1.165) is 0 Å². The van der Waals surface area contributed by atoms with Gasteiger partial charge in [0.05, 0.1) is 0 Å². The molecule has 0 fully saturated rings. The second-order valence-electron chi connectivity index (χ2n) is 0.840. The quantitative estimate of drug-likeness (QED) is 0.277. The van der Waals surface area contributed by atoms with Gasteiger partial charge in [0.15, 0.2) is 0 Å². The molecule has 1 N–H and O–H groups in total. The highest BCUT2D eigenvalue weighted by Gasteiger charge is 1.83. The van der Waals surface area contributed by atoms with Crippen molar-refractivity contribution in [3.05, 3.63) is 0 Å². The standard InChI is InChI=1S/C4H5NO2/c1-3-5-7-4(2)6/h1,5H,2H3. The molecule has 0 aromatic heterocycles. The van der Waals surface area contributed by atoms with E-state index >= 15 is 0 Å². The Morgan fingerprint density at radius 1 is 2.00 bits per heavy atom. The van der Waals surface area contributed by atoms with E-state index in [9.17, 15) is 4.79 Å². The molecule has 0 rings (SSSR count). The summed E-state index contributed by atoms with van der Waals surface area (Å²) in [6.07, 6.45) is 4.64. The van der Waals surface area contributed by atoms with Crippen LogP contribution in [0.15, 0.2) is 0 Å². The minimum absolute atomic E-state index is 0.446. The van der Waals surface area contributed by atoms with E-state index in [1.54, 1.807) is 0 Å². The SMILES string of the molecule is C#CNOC(C)=O. The zero-order chi connectivity index (χ0) is 5.70. The molecule has 0 atom stereocenters. The van der Waals surface area contributed by atoms with Crippen molar-refractivity contribution in [1.29, 1.82) is 0 Å². The van der Waals surface area contributed by atoms with Crippen LogP contribution in [0.25, 0.3) is 0 Å². The number of hydrogen-bond acceptors (Lipinski definition) is 3. The Morgan fingerprint density at radius 3 is 2.71 bits per heavy atom. The lowest BCUT2D eigenvalue weighted by Gasteiger charge is -1.90. The Morgan fingerprint density at radius 2 is 2.57 bits per heavy atom. The fourth-order valence-electron chi connectivity index (χ4n) is 0.101. The first-order valence-electron chi connectivity index (χ1n) is 1.65. The molecule has 0 spiro atoms. The number of carbonyl (C=O) groups is 1. The maximum atomic E-state index is 9.82. The summed E-state index contributed by atoms with van der Waals surface area (Å²) in [5, 5.41) is 0. The molecular weight excluding hydrogens is 94.0 g/mol. The lowest BCUT2D eigenvalue weighted by Crippen LogP contribution is -2.10. The van der Waals surface area contributed by atoms with Crippen molar-refractivity contribution in [2.45, 2.75) is 6.92 Å². The number of rotatable bonds is 1. The Kier molecular flexibility index (Phi) is 2.53. The van der Waals surface area contributed by atoms with Crippen molar-refractivity contribution in [3.63, 3.8) is 0 Å². The van der Waals surface area contributed by atoms with Gasteiger partial charge in [-0.1, -0.05) is 6.42 Å². The minimum Gasteiger partial charge on any atom is -0.336 e. The summed E-state index contributed by atoms with van der Waals surface area (Å²) in [6, 6.07) is 1.91. The van der Waals surface area contributed by atoms with Crippen molar-refractivity contribution in [2.75, 3.05) is 0 Å². The van der Waals surface area contributed by atoms with Crippen LogP contribution >= 0.6 is 0 Å². The van der Waals surface area contributed by atoms with E-state index in [1.165, 1.54) is 6.92 Å². The lowest BCUT2D eigenvalue weighted by atomic mass is 10.8. The molecule has 3 heteroatoms. The molecule has 38 valence electrons. The Hall–Kier alpha value is -1.17. The Labute approximate surface area is 41.6 Å². The molecule has 0 aliphatic heterocycles. The van der Waals surface area contributed by atoms with E-state index in [1.807, 2.05) is 11.5 Å². The molecular formula is C4H5NO2. The van der Waals surface area contributed by atoms with E-state index in [-0.39, 0.29) is 0 Å². The summed E-state index contributed by atoms with van der Waals surface area (Å²) in [5.74, 6) is -0.446. The smallest absolute Gasteiger partial charge is 0.329 e. The van der Waals surface area contributed by atoms with Crippen molar-refractivity contribution in [1.82, 2.24) is 5.48 Å². The van der Waals surface area contributed by atoms with Gasteiger partial charge in [-0.2, -0.15) is 5.48 Å². The van der Waals surface area contributed by atoms with Crippen LogP contribution in [0, 0.1) is 12.5 Å². The highest BCUT2D eigenvalue weighted by molar-refractivity contribution is 5.65. The second-order valence-corrected chi connectivity index (χ2v) is 0.840. The predicted molar refractivity (Wildman–Crippen MR) is 23.7 cm³/mol. The summed E-state index contributed by atoms with van der Waals surface area (Å²) in [5.41, 5.74) is 1.93. The number of terminal acetylenes is 1. The van der Waals surface area contributed by atoms with Gasteiger partial charge < -0.3 is 4.84 Å². The zero-order valence-electron chi connectivity index (χ0n) is 3.89. The molecule has 3 nitrogen and oxygen atoms in total. The molecule has 0 saturated carbocycles. The Bertz CT molecular complexity index is 103. The van der Waals surface area contributed by atoms with Crippen LogP contribution in [0.5, 0.6) is 0 Å². The zero-order valence-corrected chi connectivity index (χ0v) is 3.89. The average Bonchev–Trinajstić information content (AvgIpc) is 1.61. The number of hydrogen-bond donors (Lipinski definition) is 1. The molecule has 0 heterocycles. The molecule has 0 aromatic rings. The van der Waals surface area contributed by atoms with Gasteiger partial charge in [0.25, 0.3) is 0 Å². The first-order valence-corrected chi connectivity index (χ1v) is 1.65. The highest BCUT2D eigenvalue weighted by atomic mass is 16.7. The number of carbonyl (C=O) groups excluding carboxylic acids is 1. The molecule has 0 aromatic carbocycles. The van der Waals surface area contributed by atoms with E-state index in [2.05, 4.69) is 11.3 Å². The molecule has 0 radical (unpaired) electrons. The molecule has 0 amide bonds. The van der Waals surface area contributed by atoms with Crippen LogP contribution in [0.1, 0.15) is 6.92 Å². The lowest BCUT2D eigenvalue weighted by molar-refractivity contribution is -0.145. The van der Waals surface area contributed by atoms with E-state index in [0.29, 0.717) is 0 Å². The molecule has 7 heavy (non-hydrogen) atoms. The third-order valence-corrected chi connectivity index (χ3v) is 0.254. The van der Waals surface area contributed by atoms with Crippen LogP contribution < -0.4 is 5.48 Å². The van der Waals surface area contributed by atoms with Crippen LogP contribution in [-0.2, 0) is 9.63 Å². The van der Waals surface area contributed by atoms with Gasteiger partial charge in [-0.15, -0.1) is 0 Å². The van der Waals surface area contributed by atoms with Crippen molar-refractivity contribution >= 4 is 5.97 Å². The maximum Gasteiger partial charge on any atom is 0.329 e. The third-order valence-electron chi connectivity index (χ3n) is 0.254. The molecule has 0 saturated heterocycles. The highest BCUT2D eigenvalue weighted by Crippen LogP contribution is 1.62. The van der Waals surface area contributed by atoms with Gasteiger partial charge in [0.1, 0.15) is 0 Å².